The summed E-state index contributed by atoms with van der Waals surface area (Å²) in [7, 11) is 0. The molecule has 21 N–H and O–H groups in total. The lowest BCUT2D eigenvalue weighted by Crippen LogP contribution is -2.52. The van der Waals surface area contributed by atoms with Crippen LogP contribution in [0.2, 0.25) is 0 Å². The summed E-state index contributed by atoms with van der Waals surface area (Å²) in [5.41, 5.74) is 33.8. The molecule has 0 saturated heterocycles. The number of Topliss-reactive ketones (excluding diaryl/α,β-unsaturated/α-hetero) is 6. The van der Waals surface area contributed by atoms with Gasteiger partial charge in [-0.25, -0.2) is 0 Å². The Labute approximate surface area is 572 Å². The molecule has 97 heavy (non-hydrogen) atoms. The molecule has 1 aromatic rings. The summed E-state index contributed by atoms with van der Waals surface area (Å²) >= 11 is 1.29. The topological polar surface area (TPSA) is 544 Å². The molecule has 0 aliphatic carbocycles. The lowest BCUT2D eigenvalue weighted by atomic mass is 9.88. The Hall–Kier alpha value is -7.90. The number of benzene rings is 1. The number of primary amides is 1. The molecule has 0 spiro atoms. The number of carboxylic acid groups (broad SMARTS) is 1. The number of ketones is 6. The molecule has 0 fully saturated rings. The number of carboxylic acids is 1. The highest BCUT2D eigenvalue weighted by Crippen LogP contribution is 2.25. The second kappa shape index (κ2) is 46.3. The van der Waals surface area contributed by atoms with Crippen LogP contribution in [0.1, 0.15) is 163 Å². The number of hydrogen-bond acceptors (Lipinski definition) is 20. The highest BCUT2D eigenvalue weighted by atomic mass is 32.2. The van der Waals surface area contributed by atoms with E-state index in [4.69, 9.17) is 34.4 Å². The summed E-state index contributed by atoms with van der Waals surface area (Å²) in [4.78, 5) is 185. The third-order valence-corrected chi connectivity index (χ3v) is 16.9. The summed E-state index contributed by atoms with van der Waals surface area (Å²) in [5.74, 6) is -17.6. The quantitative estimate of drug-likeness (QED) is 0.0236. The second-order valence-corrected chi connectivity index (χ2v) is 26.8. The van der Waals surface area contributed by atoms with Crippen molar-refractivity contribution in [2.24, 2.45) is 91.7 Å². The van der Waals surface area contributed by atoms with Crippen LogP contribution in [0.4, 0.5) is 0 Å². The molecule has 0 unspecified atom stereocenters. The molecule has 0 aliphatic heterocycles. The molecule has 1 aromatic carbocycles. The molecular formula is C66H109N13O17S. The van der Waals surface area contributed by atoms with Crippen LogP contribution >= 0.6 is 11.8 Å². The van der Waals surface area contributed by atoms with Crippen LogP contribution in [-0.4, -0.2) is 183 Å². The number of aliphatic carboxylic acids is 1. The van der Waals surface area contributed by atoms with Crippen molar-refractivity contribution in [3.05, 3.63) is 29.8 Å². The number of nitrogens with zero attached hydrogens (tertiary/aromatic N) is 2. The van der Waals surface area contributed by atoms with E-state index in [2.05, 4.69) is 36.6 Å². The monoisotopic (exact) mass is 1390 g/mol. The van der Waals surface area contributed by atoms with Crippen LogP contribution in [0, 0.1) is 47.3 Å². The van der Waals surface area contributed by atoms with Crippen molar-refractivity contribution in [3.8, 4) is 5.75 Å². The lowest BCUT2D eigenvalue weighted by Gasteiger charge is -2.27. The molecule has 12 atom stereocenters. The van der Waals surface area contributed by atoms with E-state index in [0.29, 0.717) is 31.4 Å². The van der Waals surface area contributed by atoms with Gasteiger partial charge in [0.1, 0.15) is 23.6 Å². The zero-order valence-corrected chi connectivity index (χ0v) is 58.3. The average Bonchev–Trinajstić information content (AvgIpc) is 0.886. The van der Waals surface area contributed by atoms with Crippen molar-refractivity contribution in [1.82, 2.24) is 26.6 Å². The highest BCUT2D eigenvalue weighted by molar-refractivity contribution is 7.98. The highest BCUT2D eigenvalue weighted by Gasteiger charge is 2.38. The van der Waals surface area contributed by atoms with Crippen LogP contribution in [0.5, 0.6) is 5.75 Å². The van der Waals surface area contributed by atoms with Crippen LogP contribution < -0.4 is 61.0 Å². The fraction of sp³-hybridized carbons (Fsp3) is 0.682. The first-order valence-electron chi connectivity index (χ1n) is 33.1. The number of nitrogens with one attached hydrogen (secondary N) is 5. The van der Waals surface area contributed by atoms with Crippen LogP contribution in [0.15, 0.2) is 34.3 Å². The minimum Gasteiger partial charge on any atom is -0.508 e. The number of aliphatic imine (C=N–C) groups is 2. The van der Waals surface area contributed by atoms with Gasteiger partial charge in [-0.05, 0) is 133 Å². The standard InChI is InChI=1S/C66H109N13O17S/c1-36(2)25-45(59(68)91)31-53(85)49(15-12-23-74-66(71)72)76-64(96)46(28-41-16-18-48(83)19-17-41)32-52(84)39(6)75-63(95)47(34-57(89)90)33-56(88)58(40(7)82)79-62(94)44(20-24-97-8)30-55(87)51(35-80)78-61(93)43(14-11-22-73-65(69)70)29-54(86)50(26-37(3)4)77-60(92)42(27-38(5)81)13-9-10-21-67/h16-19,36-37,39-40,42-47,49-51,58,80,82-83H,9-15,20-35,67H2,1-8H3,(H2,68,91)(H,75,95)(H,76,96)(H,77,92)(H,78,93)(H,79,94)(H,89,90)(H4,69,70,73)(H4,71,72,74)/t39-,40+,42+,43+,44+,45+,46+,47-,49-,50-,51-,58-/m0/s1. The molecule has 0 aromatic heterocycles. The number of aromatic hydroxyl groups is 1. The summed E-state index contributed by atoms with van der Waals surface area (Å²) in [6, 6.07) is -1.41. The van der Waals surface area contributed by atoms with E-state index >= 15 is 0 Å². The van der Waals surface area contributed by atoms with Crippen LogP contribution in [-0.2, 0) is 68.7 Å². The smallest absolute Gasteiger partial charge is 0.304 e. The van der Waals surface area contributed by atoms with E-state index in [1.165, 1.54) is 49.9 Å². The van der Waals surface area contributed by atoms with Gasteiger partial charge in [-0.2, -0.15) is 11.8 Å². The largest absolute Gasteiger partial charge is 0.508 e. The van der Waals surface area contributed by atoms with Crippen molar-refractivity contribution in [3.63, 3.8) is 0 Å². The molecule has 30 nitrogen and oxygen atoms in total. The molecular weight excluding hydrogens is 1280 g/mol. The van der Waals surface area contributed by atoms with Gasteiger partial charge in [0.05, 0.1) is 43.2 Å². The molecule has 0 heterocycles. The number of hydrogen-bond donors (Lipinski definition) is 15. The number of amides is 6. The SMILES string of the molecule is CSCC[C@H](CC(=O)[C@H](CO)NC(=O)[C@H](CCCN=C(N)N)CC(=O)[C@H](CC(C)C)NC(=O)[C@H](CCCCN)CC(C)=O)C(=O)N[C@H](C(=O)C[C@@H](CC(=O)O)C(=O)N[C@@H](C)C(=O)C[C@@H](Cc1ccc(O)cc1)C(=O)N[C@@H](CCCN=C(N)N)C(=O)C[C@@H](CC(C)C)C(N)=O)[C@@H](C)O. The van der Waals surface area contributed by atoms with Crippen LogP contribution in [0.3, 0.4) is 0 Å². The van der Waals surface area contributed by atoms with Gasteiger partial charge in [0.25, 0.3) is 0 Å². The molecule has 1 rings (SSSR count). The fourth-order valence-electron chi connectivity index (χ4n) is 10.9. The van der Waals surface area contributed by atoms with Crippen molar-refractivity contribution in [2.45, 2.75) is 200 Å². The minimum absolute atomic E-state index is 0.00211. The number of phenols is 1. The van der Waals surface area contributed by atoms with E-state index in [1.807, 2.05) is 27.7 Å². The zero-order valence-electron chi connectivity index (χ0n) is 57.5. The molecule has 0 saturated carbocycles. The normalized spacial score (nSPS) is 15.0. The first kappa shape index (κ1) is 87.1. The zero-order chi connectivity index (χ0) is 73.6. The van der Waals surface area contributed by atoms with Crippen molar-refractivity contribution < 1.29 is 82.8 Å². The summed E-state index contributed by atoms with van der Waals surface area (Å²) in [6.45, 7) is 10.7. The Morgan fingerprint density at radius 3 is 1.46 bits per heavy atom. The van der Waals surface area contributed by atoms with E-state index in [1.54, 1.807) is 6.26 Å². The summed E-state index contributed by atoms with van der Waals surface area (Å²) in [6.07, 6.45) is -1.60. The number of phenolic OH excluding ortho intramolecular Hbond substituents is 1. The summed E-state index contributed by atoms with van der Waals surface area (Å²) < 4.78 is 0. The second-order valence-electron chi connectivity index (χ2n) is 25.9. The first-order chi connectivity index (χ1) is 45.5. The summed E-state index contributed by atoms with van der Waals surface area (Å²) in [5, 5.41) is 54.3. The number of carbonyl (C=O) groups is 13. The van der Waals surface area contributed by atoms with Crippen molar-refractivity contribution >= 4 is 99.8 Å². The first-order valence-corrected chi connectivity index (χ1v) is 34.5. The predicted molar refractivity (Wildman–Crippen MR) is 366 cm³/mol. The lowest BCUT2D eigenvalue weighted by molar-refractivity contribution is -0.143. The maximum atomic E-state index is 14.3. The number of carbonyl (C=O) groups excluding carboxylic acids is 12. The van der Waals surface area contributed by atoms with Gasteiger partial charge in [0.2, 0.25) is 35.4 Å². The Morgan fingerprint density at radius 1 is 0.505 bits per heavy atom. The van der Waals surface area contributed by atoms with Crippen LogP contribution in [0.25, 0.3) is 0 Å². The van der Waals surface area contributed by atoms with Gasteiger partial charge in [-0.15, -0.1) is 0 Å². The molecule has 0 bridgehead atoms. The maximum absolute atomic E-state index is 14.3. The average molecular weight is 1390 g/mol. The molecule has 0 radical (unpaired) electrons. The number of aliphatic hydroxyl groups excluding tert-OH is 2. The number of nitrogens with two attached hydrogens (primary N) is 6. The van der Waals surface area contributed by atoms with E-state index < -0.39 is 181 Å². The Morgan fingerprint density at radius 2 is 0.959 bits per heavy atom. The van der Waals surface area contributed by atoms with Crippen molar-refractivity contribution in [1.29, 1.82) is 0 Å². The number of unbranched alkanes of at least 4 members (excludes halogenated alkanes) is 1. The van der Waals surface area contributed by atoms with Gasteiger partial charge in [0.15, 0.2) is 40.8 Å². The van der Waals surface area contributed by atoms with E-state index in [9.17, 15) is 82.8 Å². The van der Waals surface area contributed by atoms with Gasteiger partial charge < -0.3 is 86.2 Å². The molecule has 31 heteroatoms. The Balaban J connectivity index is 3.51. The fourth-order valence-corrected chi connectivity index (χ4v) is 11.5. The van der Waals surface area contributed by atoms with E-state index in [0.717, 1.165) is 6.92 Å². The molecule has 0 aliphatic rings. The third kappa shape index (κ3) is 35.8. The van der Waals surface area contributed by atoms with Crippen molar-refractivity contribution in [2.75, 3.05) is 38.2 Å². The van der Waals surface area contributed by atoms with Gasteiger partial charge >= 0.3 is 5.97 Å². The molecule has 546 valence electrons. The number of thioether (sulfide) groups is 1. The van der Waals surface area contributed by atoms with Gasteiger partial charge in [-0.3, -0.25) is 67.5 Å². The van der Waals surface area contributed by atoms with Gasteiger partial charge in [0, 0.05) is 81.2 Å². The molecule has 6 amide bonds. The Bertz CT molecular complexity index is 2830. The number of aliphatic hydroxyl groups is 2. The number of rotatable bonds is 53. The Kier molecular flexibility index (Phi) is 41.6. The van der Waals surface area contributed by atoms with Gasteiger partial charge in [-0.1, -0.05) is 46.2 Å². The van der Waals surface area contributed by atoms with E-state index in [-0.39, 0.29) is 118 Å². The predicted octanol–water partition coefficient (Wildman–Crippen LogP) is 0.265. The maximum Gasteiger partial charge on any atom is 0.304 e. The minimum atomic E-state index is -1.80. The third-order valence-electron chi connectivity index (χ3n) is 16.2. The number of guanidine groups is 2.